The first-order valence-electron chi connectivity index (χ1n) is 12.1. The molecule has 1 unspecified atom stereocenters. The minimum atomic E-state index is 0.940. The highest BCUT2D eigenvalue weighted by Gasteiger charge is 2.04. The van der Waals surface area contributed by atoms with Crippen molar-refractivity contribution in [3.05, 3.63) is 26.0 Å². The van der Waals surface area contributed by atoms with Gasteiger partial charge in [-0.05, 0) is 31.6 Å². The fourth-order valence-electron chi connectivity index (χ4n) is 3.76. The van der Waals surface area contributed by atoms with Gasteiger partial charge in [0.25, 0.3) is 0 Å². The first kappa shape index (κ1) is 25.7. The van der Waals surface area contributed by atoms with Crippen molar-refractivity contribution >= 4 is 0 Å². The van der Waals surface area contributed by atoms with Crippen molar-refractivity contribution < 1.29 is 0 Å². The molecule has 26 heavy (non-hydrogen) atoms. The van der Waals surface area contributed by atoms with Crippen molar-refractivity contribution in [2.45, 2.75) is 135 Å². The molecular formula is C26H50. The lowest BCUT2D eigenvalue weighted by Gasteiger charge is -2.12. The maximum Gasteiger partial charge on any atom is -0.0348 e. The van der Waals surface area contributed by atoms with Gasteiger partial charge in [0.15, 0.2) is 0 Å². The Kier molecular flexibility index (Phi) is 22.6. The van der Waals surface area contributed by atoms with E-state index in [1.807, 2.05) is 0 Å². The lowest BCUT2D eigenvalue weighted by atomic mass is 9.94. The first-order chi connectivity index (χ1) is 12.8. The van der Waals surface area contributed by atoms with Crippen LogP contribution in [0.3, 0.4) is 0 Å². The van der Waals surface area contributed by atoms with Gasteiger partial charge in [0, 0.05) is 0 Å². The van der Waals surface area contributed by atoms with E-state index >= 15 is 0 Å². The summed E-state index contributed by atoms with van der Waals surface area (Å²) in [4.78, 5) is 0. The maximum absolute atomic E-state index is 3.94. The predicted octanol–water partition coefficient (Wildman–Crippen LogP) is 9.65. The Balaban J connectivity index is 3.25. The average molecular weight is 363 g/mol. The topological polar surface area (TPSA) is 0 Å². The molecule has 0 aromatic heterocycles. The largest absolute Gasteiger partial charge is 0.0885 e. The van der Waals surface area contributed by atoms with Gasteiger partial charge in [0.2, 0.25) is 0 Å². The molecular weight excluding hydrogens is 312 g/mol. The fourth-order valence-corrected chi connectivity index (χ4v) is 3.76. The third kappa shape index (κ3) is 20.1. The molecule has 0 aromatic rings. The number of hydrogen-bond acceptors (Lipinski definition) is 0. The van der Waals surface area contributed by atoms with Crippen LogP contribution in [0.25, 0.3) is 0 Å². The van der Waals surface area contributed by atoms with Gasteiger partial charge in [-0.1, -0.05) is 136 Å². The summed E-state index contributed by atoms with van der Waals surface area (Å²) in [6.07, 6.45) is 32.2. The zero-order chi connectivity index (χ0) is 19.1. The van der Waals surface area contributed by atoms with Crippen molar-refractivity contribution in [1.82, 2.24) is 0 Å². The highest BCUT2D eigenvalue weighted by Crippen LogP contribution is 2.19. The Hall–Kier alpha value is -0.260. The summed E-state index contributed by atoms with van der Waals surface area (Å²) in [5.41, 5.74) is 0. The van der Waals surface area contributed by atoms with Gasteiger partial charge in [-0.2, -0.15) is 0 Å². The highest BCUT2D eigenvalue weighted by atomic mass is 14.1. The average Bonchev–Trinajstić information content (AvgIpc) is 2.66. The Bertz CT molecular complexity index is 265. The van der Waals surface area contributed by atoms with Crippen molar-refractivity contribution in [2.24, 2.45) is 5.92 Å². The van der Waals surface area contributed by atoms with E-state index < -0.39 is 0 Å². The molecule has 0 saturated heterocycles. The monoisotopic (exact) mass is 362 g/mol. The quantitative estimate of drug-likeness (QED) is 0.141. The highest BCUT2D eigenvalue weighted by molar-refractivity contribution is 4.82. The third-order valence-electron chi connectivity index (χ3n) is 5.72. The lowest BCUT2D eigenvalue weighted by molar-refractivity contribution is 0.421. The Morgan fingerprint density at radius 2 is 1.00 bits per heavy atom. The van der Waals surface area contributed by atoms with Gasteiger partial charge in [0.1, 0.15) is 0 Å². The summed E-state index contributed by atoms with van der Waals surface area (Å²) in [7, 11) is 0. The molecule has 0 nitrogen and oxygen atoms in total. The lowest BCUT2D eigenvalue weighted by Crippen LogP contribution is -1.98. The molecule has 0 aliphatic heterocycles. The molecule has 0 N–H and O–H groups in total. The fraction of sp³-hybridized carbons (Fsp3) is 0.846. The van der Waals surface area contributed by atoms with Gasteiger partial charge < -0.3 is 0 Å². The zero-order valence-electron chi connectivity index (χ0n) is 18.3. The van der Waals surface area contributed by atoms with Crippen LogP contribution < -0.4 is 0 Å². The van der Waals surface area contributed by atoms with Crippen LogP contribution in [0.1, 0.15) is 135 Å². The van der Waals surface area contributed by atoms with Crippen molar-refractivity contribution in [3.63, 3.8) is 0 Å². The number of allylic oxidation sites excluding steroid dienone is 2. The summed E-state index contributed by atoms with van der Waals surface area (Å²) >= 11 is 0. The molecule has 0 heterocycles. The van der Waals surface area contributed by atoms with Crippen LogP contribution in [-0.2, 0) is 0 Å². The second-order valence-electron chi connectivity index (χ2n) is 8.20. The number of rotatable bonds is 21. The van der Waals surface area contributed by atoms with Crippen LogP contribution in [0.4, 0.5) is 0 Å². The van der Waals surface area contributed by atoms with Crippen LogP contribution in [0, 0.1) is 19.8 Å². The van der Waals surface area contributed by atoms with Crippen molar-refractivity contribution in [2.75, 3.05) is 0 Å². The van der Waals surface area contributed by atoms with E-state index in [0.717, 1.165) is 18.8 Å². The molecule has 0 aliphatic rings. The second-order valence-corrected chi connectivity index (χ2v) is 8.20. The molecule has 154 valence electrons. The summed E-state index contributed by atoms with van der Waals surface area (Å²) in [6, 6.07) is 0. The van der Waals surface area contributed by atoms with E-state index in [1.165, 1.54) is 116 Å². The molecule has 0 fully saturated rings. The minimum absolute atomic E-state index is 0.940. The zero-order valence-corrected chi connectivity index (χ0v) is 18.3. The SMILES string of the molecule is [CH2]CCCCCCCCCCCCC/C=C/CCC(CC)CCCC[CH2]. The summed E-state index contributed by atoms with van der Waals surface area (Å²) in [5, 5.41) is 0. The van der Waals surface area contributed by atoms with E-state index in [9.17, 15) is 0 Å². The van der Waals surface area contributed by atoms with Gasteiger partial charge in [-0.3, -0.25) is 0 Å². The molecule has 1 atom stereocenters. The molecule has 0 amide bonds. The van der Waals surface area contributed by atoms with Crippen LogP contribution in [0.15, 0.2) is 12.2 Å². The van der Waals surface area contributed by atoms with Gasteiger partial charge in [0.05, 0.1) is 0 Å². The van der Waals surface area contributed by atoms with Crippen molar-refractivity contribution in [3.8, 4) is 0 Å². The van der Waals surface area contributed by atoms with E-state index in [4.69, 9.17) is 0 Å². The molecule has 2 radical (unpaired) electrons. The Morgan fingerprint density at radius 1 is 0.538 bits per heavy atom. The van der Waals surface area contributed by atoms with Crippen LogP contribution >= 0.6 is 0 Å². The second kappa shape index (κ2) is 22.8. The van der Waals surface area contributed by atoms with Gasteiger partial charge in [-0.15, -0.1) is 0 Å². The predicted molar refractivity (Wildman–Crippen MR) is 121 cm³/mol. The smallest absolute Gasteiger partial charge is 0.0348 e. The van der Waals surface area contributed by atoms with E-state index in [-0.39, 0.29) is 0 Å². The summed E-state index contributed by atoms with van der Waals surface area (Å²) in [5.74, 6) is 0.940. The van der Waals surface area contributed by atoms with Gasteiger partial charge in [-0.25, -0.2) is 0 Å². The normalized spacial score (nSPS) is 12.9. The van der Waals surface area contributed by atoms with Gasteiger partial charge >= 0.3 is 0 Å². The van der Waals surface area contributed by atoms with Crippen LogP contribution in [0.5, 0.6) is 0 Å². The van der Waals surface area contributed by atoms with Crippen LogP contribution in [0.2, 0.25) is 0 Å². The number of unbranched alkanes of at least 4 members (excludes halogenated alkanes) is 14. The molecule has 0 rings (SSSR count). The maximum atomic E-state index is 3.94. The Labute approximate surface area is 167 Å². The minimum Gasteiger partial charge on any atom is -0.0885 e. The molecule has 0 bridgehead atoms. The molecule has 0 aliphatic carbocycles. The third-order valence-corrected chi connectivity index (χ3v) is 5.72. The standard InChI is InChI=1S/C26H50/c1-4-7-9-10-11-12-13-14-15-16-17-18-19-20-21-23-25-26(6-3)24-22-8-5-2/h20-21,26H,1-2,4-19,22-25H2,3H3/b21-20+. The van der Waals surface area contributed by atoms with Crippen LogP contribution in [-0.4, -0.2) is 0 Å². The summed E-state index contributed by atoms with van der Waals surface area (Å²) in [6.45, 7) is 10.2. The molecule has 0 saturated carbocycles. The van der Waals surface area contributed by atoms with E-state index in [1.54, 1.807) is 0 Å². The van der Waals surface area contributed by atoms with E-state index in [2.05, 4.69) is 32.9 Å². The summed E-state index contributed by atoms with van der Waals surface area (Å²) < 4.78 is 0. The first-order valence-corrected chi connectivity index (χ1v) is 12.1. The molecule has 0 spiro atoms. The Morgan fingerprint density at radius 3 is 1.54 bits per heavy atom. The van der Waals surface area contributed by atoms with Crippen molar-refractivity contribution in [1.29, 1.82) is 0 Å². The van der Waals surface area contributed by atoms with E-state index in [0.29, 0.717) is 0 Å². The molecule has 0 aromatic carbocycles. The number of hydrogen-bond donors (Lipinski definition) is 0. The molecule has 0 heteroatoms.